The molecule has 0 radical (unpaired) electrons. The Hall–Kier alpha value is -4.43. The molecule has 176 valence electrons. The van der Waals surface area contributed by atoms with Crippen molar-refractivity contribution in [3.63, 3.8) is 0 Å². The van der Waals surface area contributed by atoms with Gasteiger partial charge in [-0.15, -0.1) is 0 Å². The number of carbonyl (C=O) groups excluding carboxylic acids is 1. The van der Waals surface area contributed by atoms with Gasteiger partial charge in [-0.25, -0.2) is 14.8 Å². The molecule has 0 unspecified atom stereocenters. The highest BCUT2D eigenvalue weighted by atomic mass is 16.2. The fourth-order valence-electron chi connectivity index (χ4n) is 3.90. The van der Waals surface area contributed by atoms with Gasteiger partial charge in [0.1, 0.15) is 6.33 Å². The number of hydrogen-bond donors (Lipinski definition) is 2. The van der Waals surface area contributed by atoms with E-state index in [4.69, 9.17) is 0 Å². The average molecular weight is 466 g/mol. The van der Waals surface area contributed by atoms with Crippen molar-refractivity contribution in [2.75, 3.05) is 32.5 Å². The van der Waals surface area contributed by atoms with Crippen LogP contribution in [0.1, 0.15) is 0 Å². The number of urea groups is 1. The molecule has 0 fully saturated rings. The summed E-state index contributed by atoms with van der Waals surface area (Å²) in [5.41, 5.74) is 6.94. The third kappa shape index (κ3) is 5.07. The van der Waals surface area contributed by atoms with Crippen molar-refractivity contribution in [1.29, 1.82) is 0 Å². The highest BCUT2D eigenvalue weighted by Crippen LogP contribution is 2.27. The topological polar surface area (TPSA) is 80.0 Å². The van der Waals surface area contributed by atoms with Crippen molar-refractivity contribution in [1.82, 2.24) is 29.3 Å². The Kier molecular flexibility index (Phi) is 6.28. The molecule has 2 amide bonds. The van der Waals surface area contributed by atoms with Crippen molar-refractivity contribution >= 4 is 22.8 Å². The molecule has 0 bridgehead atoms. The number of nitrogens with zero attached hydrogens (tertiary/aromatic N) is 5. The predicted molar refractivity (Wildman–Crippen MR) is 139 cm³/mol. The van der Waals surface area contributed by atoms with E-state index in [1.165, 1.54) is 0 Å². The summed E-state index contributed by atoms with van der Waals surface area (Å²) >= 11 is 0. The highest BCUT2D eigenvalue weighted by molar-refractivity contribution is 5.90. The van der Waals surface area contributed by atoms with E-state index in [2.05, 4.69) is 61.6 Å². The molecule has 2 heterocycles. The summed E-state index contributed by atoms with van der Waals surface area (Å²) in [4.78, 5) is 22.8. The summed E-state index contributed by atoms with van der Waals surface area (Å²) in [5.74, 6) is 0. The number of fused-ring (bicyclic) bond motifs is 1. The molecule has 8 heteroatoms. The zero-order chi connectivity index (χ0) is 24.2. The van der Waals surface area contributed by atoms with E-state index >= 15 is 0 Å². The maximum absolute atomic E-state index is 12.1. The molecule has 2 aromatic heterocycles. The SMILES string of the molecule is CN(C)CCNC(=O)Nc1ccc(-c2ccc3ncn(-c4ccc(-n5ccnc5)cc4)c3c2)cc1. The molecule has 0 atom stereocenters. The number of rotatable bonds is 7. The summed E-state index contributed by atoms with van der Waals surface area (Å²) in [6.07, 6.45) is 7.32. The first kappa shape index (κ1) is 22.4. The molecule has 0 saturated heterocycles. The third-order valence-corrected chi connectivity index (χ3v) is 5.80. The Bertz CT molecular complexity index is 1420. The van der Waals surface area contributed by atoms with Gasteiger partial charge in [-0.3, -0.25) is 4.57 Å². The first-order valence-corrected chi connectivity index (χ1v) is 11.4. The molecular formula is C27H27N7O. The maximum atomic E-state index is 12.1. The lowest BCUT2D eigenvalue weighted by Crippen LogP contribution is -2.34. The number of nitrogens with one attached hydrogen (secondary N) is 2. The molecule has 0 spiro atoms. The van der Waals surface area contributed by atoms with Crippen molar-refractivity contribution < 1.29 is 4.79 Å². The van der Waals surface area contributed by atoms with Gasteiger partial charge < -0.3 is 20.1 Å². The predicted octanol–water partition coefficient (Wildman–Crippen LogP) is 4.56. The second-order valence-electron chi connectivity index (χ2n) is 8.57. The van der Waals surface area contributed by atoms with E-state index in [-0.39, 0.29) is 6.03 Å². The number of hydrogen-bond acceptors (Lipinski definition) is 4. The number of likely N-dealkylation sites (N-methyl/N-ethyl adjacent to an activating group) is 1. The minimum atomic E-state index is -0.205. The monoisotopic (exact) mass is 465 g/mol. The zero-order valence-corrected chi connectivity index (χ0v) is 19.7. The smallest absolute Gasteiger partial charge is 0.319 e. The molecule has 0 saturated carbocycles. The van der Waals surface area contributed by atoms with Crippen molar-refractivity contribution in [3.8, 4) is 22.5 Å². The van der Waals surface area contributed by atoms with Crippen LogP contribution in [0.3, 0.4) is 0 Å². The summed E-state index contributed by atoms with van der Waals surface area (Å²) in [7, 11) is 3.95. The van der Waals surface area contributed by atoms with Crippen LogP contribution in [0, 0.1) is 0 Å². The zero-order valence-electron chi connectivity index (χ0n) is 19.7. The maximum Gasteiger partial charge on any atom is 0.319 e. The van der Waals surface area contributed by atoms with Crippen molar-refractivity contribution in [2.24, 2.45) is 0 Å². The van der Waals surface area contributed by atoms with Crippen LogP contribution < -0.4 is 10.6 Å². The quantitative estimate of drug-likeness (QED) is 0.369. The van der Waals surface area contributed by atoms with Gasteiger partial charge in [-0.1, -0.05) is 18.2 Å². The van der Waals surface area contributed by atoms with E-state index in [1.54, 1.807) is 12.5 Å². The van der Waals surface area contributed by atoms with Gasteiger partial charge in [0.25, 0.3) is 0 Å². The molecule has 8 nitrogen and oxygen atoms in total. The number of aromatic nitrogens is 4. The van der Waals surface area contributed by atoms with Crippen LogP contribution in [0.2, 0.25) is 0 Å². The van der Waals surface area contributed by atoms with Crippen LogP contribution in [0.4, 0.5) is 10.5 Å². The van der Waals surface area contributed by atoms with Crippen LogP contribution in [0.5, 0.6) is 0 Å². The van der Waals surface area contributed by atoms with E-state index < -0.39 is 0 Å². The summed E-state index contributed by atoms with van der Waals surface area (Å²) in [6, 6.07) is 22.2. The van der Waals surface area contributed by atoms with Gasteiger partial charge in [0, 0.05) is 42.5 Å². The Morgan fingerprint density at radius 1 is 0.914 bits per heavy atom. The second kappa shape index (κ2) is 9.82. The van der Waals surface area contributed by atoms with Gasteiger partial charge in [0.15, 0.2) is 0 Å². The van der Waals surface area contributed by atoms with Crippen LogP contribution in [-0.2, 0) is 0 Å². The lowest BCUT2D eigenvalue weighted by molar-refractivity contribution is 0.250. The van der Waals surface area contributed by atoms with Gasteiger partial charge in [0.05, 0.1) is 17.4 Å². The molecule has 0 aliphatic rings. The van der Waals surface area contributed by atoms with Crippen LogP contribution in [0.15, 0.2) is 91.8 Å². The Morgan fingerprint density at radius 3 is 2.37 bits per heavy atom. The Labute approximate surface area is 203 Å². The van der Waals surface area contributed by atoms with Gasteiger partial charge in [0.2, 0.25) is 0 Å². The summed E-state index contributed by atoms with van der Waals surface area (Å²) in [6.45, 7) is 1.39. The molecule has 5 aromatic rings. The normalized spacial score (nSPS) is 11.2. The Balaban J connectivity index is 1.33. The number of imidazole rings is 2. The number of carbonyl (C=O) groups is 1. The summed E-state index contributed by atoms with van der Waals surface area (Å²) in [5, 5.41) is 5.73. The fourth-order valence-corrected chi connectivity index (χ4v) is 3.90. The van der Waals surface area contributed by atoms with E-state index in [0.717, 1.165) is 45.8 Å². The standard InChI is InChI=1S/C27H27N7O/c1-32(2)15-14-29-27(35)31-22-6-3-20(4-7-22)21-5-12-25-26(17-21)34(19-30-25)24-10-8-23(9-11-24)33-16-13-28-18-33/h3-13,16-19H,14-15H2,1-2H3,(H2,29,31,35). The number of amides is 2. The first-order valence-electron chi connectivity index (χ1n) is 11.4. The molecule has 5 rings (SSSR count). The van der Waals surface area contributed by atoms with E-state index in [1.807, 2.05) is 66.4 Å². The molecule has 0 aliphatic heterocycles. The lowest BCUT2D eigenvalue weighted by Gasteiger charge is -2.11. The van der Waals surface area contributed by atoms with Gasteiger partial charge >= 0.3 is 6.03 Å². The van der Waals surface area contributed by atoms with Crippen LogP contribution in [0.25, 0.3) is 33.5 Å². The second-order valence-corrected chi connectivity index (χ2v) is 8.57. The largest absolute Gasteiger partial charge is 0.337 e. The highest BCUT2D eigenvalue weighted by Gasteiger charge is 2.08. The van der Waals surface area contributed by atoms with Crippen molar-refractivity contribution in [3.05, 3.63) is 91.8 Å². The van der Waals surface area contributed by atoms with E-state index in [9.17, 15) is 4.79 Å². The molecule has 3 aromatic carbocycles. The third-order valence-electron chi connectivity index (χ3n) is 5.80. The van der Waals surface area contributed by atoms with E-state index in [0.29, 0.717) is 6.54 Å². The van der Waals surface area contributed by atoms with Crippen LogP contribution >= 0.6 is 0 Å². The molecule has 0 aliphatic carbocycles. The average Bonchev–Trinajstić information content (AvgIpc) is 3.54. The van der Waals surface area contributed by atoms with Crippen molar-refractivity contribution in [2.45, 2.75) is 0 Å². The first-order chi connectivity index (χ1) is 17.1. The minimum Gasteiger partial charge on any atom is -0.337 e. The van der Waals surface area contributed by atoms with Gasteiger partial charge in [-0.05, 0) is 73.8 Å². The number of anilines is 1. The molecule has 35 heavy (non-hydrogen) atoms. The van der Waals surface area contributed by atoms with Crippen LogP contribution in [-0.4, -0.2) is 57.2 Å². The molecular weight excluding hydrogens is 438 g/mol. The fraction of sp³-hybridized carbons (Fsp3) is 0.148. The number of benzene rings is 3. The summed E-state index contributed by atoms with van der Waals surface area (Å²) < 4.78 is 4.06. The Morgan fingerprint density at radius 2 is 1.66 bits per heavy atom. The van der Waals surface area contributed by atoms with Gasteiger partial charge in [-0.2, -0.15) is 0 Å². The minimum absolute atomic E-state index is 0.205. The lowest BCUT2D eigenvalue weighted by atomic mass is 10.0. The molecule has 2 N–H and O–H groups in total.